The van der Waals surface area contributed by atoms with E-state index in [1.807, 2.05) is 6.07 Å². The van der Waals surface area contributed by atoms with Crippen molar-refractivity contribution >= 4 is 21.6 Å². The van der Waals surface area contributed by atoms with Gasteiger partial charge in [0.1, 0.15) is 0 Å². The molecule has 1 aromatic rings. The molecule has 3 heteroatoms. The van der Waals surface area contributed by atoms with Crippen LogP contribution in [0.1, 0.15) is 38.7 Å². The highest BCUT2D eigenvalue weighted by atomic mass is 79.9. The second-order valence-corrected chi connectivity index (χ2v) is 6.17. The number of aliphatic hydroxyl groups excluding tert-OH is 1. The van der Waals surface area contributed by atoms with Crippen LogP contribution in [-0.4, -0.2) is 18.2 Å². The van der Waals surface area contributed by atoms with Crippen molar-refractivity contribution < 1.29 is 5.11 Å². The van der Waals surface area contributed by atoms with Crippen molar-refractivity contribution in [2.75, 3.05) is 18.0 Å². The third-order valence-corrected chi connectivity index (χ3v) is 5.25. The van der Waals surface area contributed by atoms with E-state index in [4.69, 9.17) is 0 Å². The summed E-state index contributed by atoms with van der Waals surface area (Å²) >= 11 is 3.53. The summed E-state index contributed by atoms with van der Waals surface area (Å²) in [5, 5.41) is 9.19. The number of nitrogens with zero attached hydrogens (tertiary/aromatic N) is 1. The Bertz CT molecular complexity index is 415. The van der Waals surface area contributed by atoms with Gasteiger partial charge in [0.15, 0.2) is 0 Å². The Labute approximate surface area is 118 Å². The largest absolute Gasteiger partial charge is 0.392 e. The maximum Gasteiger partial charge on any atom is 0.0692 e. The molecule has 0 radical (unpaired) electrons. The highest BCUT2D eigenvalue weighted by Crippen LogP contribution is 2.39. The van der Waals surface area contributed by atoms with E-state index in [2.05, 4.69) is 46.8 Å². The molecule has 0 aromatic heterocycles. The molecule has 1 aromatic carbocycles. The van der Waals surface area contributed by atoms with Gasteiger partial charge in [-0.2, -0.15) is 0 Å². The molecule has 1 aliphatic heterocycles. The van der Waals surface area contributed by atoms with Gasteiger partial charge in [0.2, 0.25) is 0 Å². The lowest BCUT2D eigenvalue weighted by Crippen LogP contribution is -2.26. The average Bonchev–Trinajstić information content (AvgIpc) is 2.84. The number of rotatable bonds is 4. The molecule has 2 nitrogen and oxygen atoms in total. The van der Waals surface area contributed by atoms with Crippen LogP contribution in [0.2, 0.25) is 0 Å². The summed E-state index contributed by atoms with van der Waals surface area (Å²) < 4.78 is 1.01. The third-order valence-electron chi connectivity index (χ3n) is 4.51. The number of anilines is 1. The van der Waals surface area contributed by atoms with Gasteiger partial charge in [-0.15, -0.1) is 0 Å². The first-order chi connectivity index (χ1) is 8.64. The van der Waals surface area contributed by atoms with Crippen LogP contribution in [0.15, 0.2) is 22.7 Å². The Hall–Kier alpha value is -0.540. The minimum Gasteiger partial charge on any atom is -0.392 e. The van der Waals surface area contributed by atoms with Crippen LogP contribution in [0.3, 0.4) is 0 Å². The monoisotopic (exact) mass is 311 g/mol. The van der Waals surface area contributed by atoms with Gasteiger partial charge in [0, 0.05) is 23.2 Å². The molecule has 2 rings (SSSR count). The van der Waals surface area contributed by atoms with Gasteiger partial charge in [-0.25, -0.2) is 0 Å². The van der Waals surface area contributed by atoms with E-state index in [0.717, 1.165) is 23.1 Å². The Morgan fingerprint density at radius 1 is 1.33 bits per heavy atom. The molecule has 0 aliphatic carbocycles. The smallest absolute Gasteiger partial charge is 0.0692 e. The van der Waals surface area contributed by atoms with Crippen molar-refractivity contribution in [2.45, 2.75) is 39.7 Å². The van der Waals surface area contributed by atoms with E-state index in [-0.39, 0.29) is 6.61 Å². The number of hydrogen-bond donors (Lipinski definition) is 1. The van der Waals surface area contributed by atoms with Crippen LogP contribution >= 0.6 is 15.9 Å². The van der Waals surface area contributed by atoms with E-state index in [0.29, 0.717) is 5.41 Å². The zero-order chi connectivity index (χ0) is 13.2. The lowest BCUT2D eigenvalue weighted by atomic mass is 9.82. The second-order valence-electron chi connectivity index (χ2n) is 5.31. The van der Waals surface area contributed by atoms with Crippen LogP contribution in [0.25, 0.3) is 0 Å². The lowest BCUT2D eigenvalue weighted by molar-refractivity contribution is 0.281. The molecule has 100 valence electrons. The highest BCUT2D eigenvalue weighted by Gasteiger charge is 2.34. The fourth-order valence-electron chi connectivity index (χ4n) is 2.84. The molecular formula is C15H22BrNO. The van der Waals surface area contributed by atoms with Gasteiger partial charge in [-0.05, 0) is 42.4 Å². The molecular weight excluding hydrogens is 290 g/mol. The predicted molar refractivity (Wildman–Crippen MR) is 79.9 cm³/mol. The van der Waals surface area contributed by atoms with Gasteiger partial charge in [0.05, 0.1) is 6.61 Å². The van der Waals surface area contributed by atoms with Crippen molar-refractivity contribution in [3.8, 4) is 0 Å². The van der Waals surface area contributed by atoms with Crippen molar-refractivity contribution in [3.63, 3.8) is 0 Å². The fraction of sp³-hybridized carbons (Fsp3) is 0.600. The maximum absolute atomic E-state index is 9.19. The topological polar surface area (TPSA) is 23.5 Å². The first-order valence-corrected chi connectivity index (χ1v) is 7.57. The van der Waals surface area contributed by atoms with E-state index < -0.39 is 0 Å². The zero-order valence-corrected chi connectivity index (χ0v) is 12.8. The van der Waals surface area contributed by atoms with E-state index in [1.54, 1.807) is 0 Å². The van der Waals surface area contributed by atoms with Crippen LogP contribution in [0.4, 0.5) is 5.69 Å². The standard InChI is InChI=1S/C15H22BrNO/c1-3-15(4-2)7-8-17(11-15)13-6-5-12(10-18)14(16)9-13/h5-6,9,18H,3-4,7-8,10-11H2,1-2H3. The van der Waals surface area contributed by atoms with Gasteiger partial charge in [-0.3, -0.25) is 0 Å². The molecule has 0 amide bonds. The zero-order valence-electron chi connectivity index (χ0n) is 11.2. The van der Waals surface area contributed by atoms with Crippen molar-refractivity contribution in [2.24, 2.45) is 5.41 Å². The molecule has 0 saturated carbocycles. The lowest BCUT2D eigenvalue weighted by Gasteiger charge is -2.27. The van der Waals surface area contributed by atoms with E-state index >= 15 is 0 Å². The van der Waals surface area contributed by atoms with Gasteiger partial charge >= 0.3 is 0 Å². The maximum atomic E-state index is 9.19. The minimum atomic E-state index is 0.0920. The Kier molecular flexibility index (Phi) is 4.33. The second kappa shape index (κ2) is 5.62. The van der Waals surface area contributed by atoms with E-state index in [9.17, 15) is 5.11 Å². The normalized spacial score (nSPS) is 18.3. The Balaban J connectivity index is 2.17. The average molecular weight is 312 g/mol. The summed E-state index contributed by atoms with van der Waals surface area (Å²) in [6.45, 7) is 7.00. The molecule has 0 spiro atoms. The molecule has 18 heavy (non-hydrogen) atoms. The van der Waals surface area contributed by atoms with Crippen LogP contribution in [-0.2, 0) is 6.61 Å². The van der Waals surface area contributed by atoms with Gasteiger partial charge < -0.3 is 10.0 Å². The molecule has 1 heterocycles. The quantitative estimate of drug-likeness (QED) is 0.910. The van der Waals surface area contributed by atoms with Crippen LogP contribution in [0, 0.1) is 5.41 Å². The summed E-state index contributed by atoms with van der Waals surface area (Å²) in [6.07, 6.45) is 3.81. The van der Waals surface area contributed by atoms with E-state index in [1.165, 1.54) is 24.9 Å². The molecule has 0 unspecified atom stereocenters. The molecule has 1 saturated heterocycles. The first-order valence-electron chi connectivity index (χ1n) is 6.78. The first kappa shape index (κ1) is 13.9. The van der Waals surface area contributed by atoms with Crippen molar-refractivity contribution in [1.29, 1.82) is 0 Å². The van der Waals surface area contributed by atoms with Crippen molar-refractivity contribution in [1.82, 2.24) is 0 Å². The summed E-state index contributed by atoms with van der Waals surface area (Å²) in [7, 11) is 0. The highest BCUT2D eigenvalue weighted by molar-refractivity contribution is 9.10. The predicted octanol–water partition coefficient (Wildman–Crippen LogP) is 3.96. The Morgan fingerprint density at radius 3 is 2.56 bits per heavy atom. The Morgan fingerprint density at radius 2 is 2.06 bits per heavy atom. The minimum absolute atomic E-state index is 0.0920. The number of benzene rings is 1. The summed E-state index contributed by atoms with van der Waals surface area (Å²) in [5.41, 5.74) is 2.72. The van der Waals surface area contributed by atoms with Crippen molar-refractivity contribution in [3.05, 3.63) is 28.2 Å². The third kappa shape index (κ3) is 2.57. The van der Waals surface area contributed by atoms with Crippen LogP contribution in [0.5, 0.6) is 0 Å². The van der Waals surface area contributed by atoms with Gasteiger partial charge in [0.25, 0.3) is 0 Å². The number of hydrogen-bond acceptors (Lipinski definition) is 2. The summed E-state index contributed by atoms with van der Waals surface area (Å²) in [4.78, 5) is 2.47. The molecule has 0 atom stereocenters. The van der Waals surface area contributed by atoms with Gasteiger partial charge in [-0.1, -0.05) is 35.8 Å². The summed E-state index contributed by atoms with van der Waals surface area (Å²) in [6, 6.07) is 6.27. The molecule has 1 aliphatic rings. The fourth-order valence-corrected chi connectivity index (χ4v) is 3.34. The SMILES string of the molecule is CCC1(CC)CCN(c2ccc(CO)c(Br)c2)C1. The van der Waals surface area contributed by atoms with Crippen LogP contribution < -0.4 is 4.90 Å². The molecule has 0 bridgehead atoms. The number of aliphatic hydroxyl groups is 1. The number of halogens is 1. The molecule has 1 N–H and O–H groups in total. The summed E-state index contributed by atoms with van der Waals surface area (Å²) in [5.74, 6) is 0. The molecule has 1 fully saturated rings.